The molecule has 33 heavy (non-hydrogen) atoms. The van der Waals surface area contributed by atoms with Gasteiger partial charge in [0.2, 0.25) is 0 Å². The summed E-state index contributed by atoms with van der Waals surface area (Å²) in [7, 11) is 0. The maximum absolute atomic E-state index is 13.6. The molecule has 10 heteroatoms. The molecule has 0 fully saturated rings. The minimum absolute atomic E-state index is 0.0227. The van der Waals surface area contributed by atoms with E-state index in [-0.39, 0.29) is 23.9 Å². The predicted octanol–water partition coefficient (Wildman–Crippen LogP) is 4.43. The van der Waals surface area contributed by atoms with E-state index in [0.717, 1.165) is 11.8 Å². The van der Waals surface area contributed by atoms with Crippen molar-refractivity contribution in [3.63, 3.8) is 0 Å². The third-order valence-electron chi connectivity index (χ3n) is 4.79. The molecule has 0 aliphatic heterocycles. The van der Waals surface area contributed by atoms with Gasteiger partial charge in [-0.1, -0.05) is 12.1 Å². The van der Waals surface area contributed by atoms with Gasteiger partial charge in [0.1, 0.15) is 5.56 Å². The number of nitrogens with one attached hydrogen (secondary N) is 1. The van der Waals surface area contributed by atoms with Crippen LogP contribution in [0.1, 0.15) is 57.4 Å². The Balaban J connectivity index is 1.82. The third-order valence-corrected chi connectivity index (χ3v) is 4.79. The van der Waals surface area contributed by atoms with Crippen LogP contribution in [0.25, 0.3) is 5.69 Å². The lowest BCUT2D eigenvalue weighted by Gasteiger charge is -2.15. The quantitative estimate of drug-likeness (QED) is 0.554. The standard InChI is InChI=1S/C23H19F3N4O3/c1-3-33-22(32)19-13-28-30(20(19)23(24,25)26)18-10-8-17(9-11-18)21(31)29-14(2)16-6-4-15(12-27)5-7-16/h4-11,13-14H,3H2,1-2H3,(H,29,31). The molecule has 0 aliphatic carbocycles. The van der Waals surface area contributed by atoms with E-state index in [4.69, 9.17) is 5.26 Å². The first-order chi connectivity index (χ1) is 15.7. The fourth-order valence-electron chi connectivity index (χ4n) is 3.14. The fraction of sp³-hybridized carbons (Fsp3) is 0.217. The van der Waals surface area contributed by atoms with Crippen LogP contribution in [0.2, 0.25) is 0 Å². The van der Waals surface area contributed by atoms with Crippen molar-refractivity contribution in [1.82, 2.24) is 15.1 Å². The zero-order chi connectivity index (χ0) is 24.2. The van der Waals surface area contributed by atoms with Gasteiger partial charge >= 0.3 is 12.1 Å². The van der Waals surface area contributed by atoms with Crippen molar-refractivity contribution in [2.45, 2.75) is 26.1 Å². The Morgan fingerprint density at radius 2 is 1.79 bits per heavy atom. The molecule has 1 amide bonds. The normalized spacial score (nSPS) is 12.0. The summed E-state index contributed by atoms with van der Waals surface area (Å²) in [5, 5.41) is 15.4. The van der Waals surface area contributed by atoms with Crippen molar-refractivity contribution < 1.29 is 27.5 Å². The number of carbonyl (C=O) groups is 2. The van der Waals surface area contributed by atoms with Crippen LogP contribution < -0.4 is 5.32 Å². The number of nitriles is 1. The van der Waals surface area contributed by atoms with Crippen molar-refractivity contribution >= 4 is 11.9 Å². The van der Waals surface area contributed by atoms with Crippen molar-refractivity contribution in [3.8, 4) is 11.8 Å². The molecule has 0 radical (unpaired) electrons. The molecule has 1 heterocycles. The molecule has 1 aromatic heterocycles. The highest BCUT2D eigenvalue weighted by molar-refractivity contribution is 5.94. The number of esters is 1. The molecule has 0 spiro atoms. The van der Waals surface area contributed by atoms with Gasteiger partial charge in [0.25, 0.3) is 5.91 Å². The van der Waals surface area contributed by atoms with Crippen LogP contribution in [0.5, 0.6) is 0 Å². The van der Waals surface area contributed by atoms with Crippen molar-refractivity contribution in [2.24, 2.45) is 0 Å². The molecule has 1 atom stereocenters. The van der Waals surface area contributed by atoms with Gasteiger partial charge in [-0.3, -0.25) is 4.79 Å². The summed E-state index contributed by atoms with van der Waals surface area (Å²) in [6.07, 6.45) is -4.05. The van der Waals surface area contributed by atoms with Crippen LogP contribution in [-0.2, 0) is 10.9 Å². The van der Waals surface area contributed by atoms with Gasteiger partial charge in [0.15, 0.2) is 5.69 Å². The predicted molar refractivity (Wildman–Crippen MR) is 112 cm³/mol. The Morgan fingerprint density at radius 1 is 1.15 bits per heavy atom. The first-order valence-electron chi connectivity index (χ1n) is 9.89. The zero-order valence-electron chi connectivity index (χ0n) is 17.7. The van der Waals surface area contributed by atoms with Crippen molar-refractivity contribution in [2.75, 3.05) is 6.61 Å². The van der Waals surface area contributed by atoms with Crippen LogP contribution in [0, 0.1) is 11.3 Å². The second-order valence-electron chi connectivity index (χ2n) is 7.01. The van der Waals surface area contributed by atoms with E-state index in [1.807, 2.05) is 6.07 Å². The van der Waals surface area contributed by atoms with Crippen molar-refractivity contribution in [3.05, 3.63) is 82.7 Å². The molecule has 1 unspecified atom stereocenters. The van der Waals surface area contributed by atoms with Crippen LogP contribution in [-0.4, -0.2) is 28.3 Å². The number of aromatic nitrogens is 2. The number of hydrogen-bond donors (Lipinski definition) is 1. The van der Waals surface area contributed by atoms with E-state index < -0.39 is 29.3 Å². The molecule has 0 aliphatic rings. The fourth-order valence-corrected chi connectivity index (χ4v) is 3.14. The molecule has 3 aromatic rings. The highest BCUT2D eigenvalue weighted by atomic mass is 19.4. The number of carbonyl (C=O) groups excluding carboxylic acids is 2. The Kier molecular flexibility index (Phi) is 6.82. The van der Waals surface area contributed by atoms with Gasteiger partial charge in [-0.05, 0) is 55.8 Å². The molecule has 1 N–H and O–H groups in total. The summed E-state index contributed by atoms with van der Waals surface area (Å²) in [6, 6.07) is 13.7. The van der Waals surface area contributed by atoms with Gasteiger partial charge in [-0.25, -0.2) is 9.48 Å². The van der Waals surface area contributed by atoms with Gasteiger partial charge < -0.3 is 10.1 Å². The monoisotopic (exact) mass is 456 g/mol. The number of ether oxygens (including phenoxy) is 1. The Morgan fingerprint density at radius 3 is 2.33 bits per heavy atom. The van der Waals surface area contributed by atoms with E-state index in [1.54, 1.807) is 31.2 Å². The number of halogens is 3. The molecule has 0 saturated carbocycles. The van der Waals surface area contributed by atoms with Crippen LogP contribution in [0.4, 0.5) is 13.2 Å². The third kappa shape index (κ3) is 5.20. The molecule has 3 rings (SSSR count). The Hall–Kier alpha value is -4.13. The highest BCUT2D eigenvalue weighted by Gasteiger charge is 2.41. The molecular weight excluding hydrogens is 437 g/mol. The van der Waals surface area contributed by atoms with Gasteiger partial charge in [-0.2, -0.15) is 23.5 Å². The second kappa shape index (κ2) is 9.56. The first-order valence-corrected chi connectivity index (χ1v) is 9.89. The van der Waals surface area contributed by atoms with Crippen molar-refractivity contribution in [1.29, 1.82) is 5.26 Å². The number of alkyl halides is 3. The summed E-state index contributed by atoms with van der Waals surface area (Å²) in [4.78, 5) is 24.5. The van der Waals surface area contributed by atoms with E-state index in [1.165, 1.54) is 31.2 Å². The zero-order valence-corrected chi connectivity index (χ0v) is 17.7. The van der Waals surface area contributed by atoms with Crippen LogP contribution >= 0.6 is 0 Å². The van der Waals surface area contributed by atoms with E-state index >= 15 is 0 Å². The Bertz CT molecular complexity index is 1190. The Labute approximate surface area is 187 Å². The molecule has 0 bridgehead atoms. The number of benzene rings is 2. The summed E-state index contributed by atoms with van der Waals surface area (Å²) in [5.41, 5.74) is -0.414. The summed E-state index contributed by atoms with van der Waals surface area (Å²) < 4.78 is 46.2. The number of hydrogen-bond acceptors (Lipinski definition) is 5. The van der Waals surface area contributed by atoms with E-state index in [2.05, 4.69) is 15.2 Å². The molecule has 170 valence electrons. The van der Waals surface area contributed by atoms with Gasteiger partial charge in [0.05, 0.1) is 36.2 Å². The summed E-state index contributed by atoms with van der Waals surface area (Å²) in [6.45, 7) is 3.18. The first kappa shape index (κ1) is 23.5. The SMILES string of the molecule is CCOC(=O)c1cnn(-c2ccc(C(=O)NC(C)c3ccc(C#N)cc3)cc2)c1C(F)(F)F. The molecule has 7 nitrogen and oxygen atoms in total. The van der Waals surface area contributed by atoms with Crippen LogP contribution in [0.15, 0.2) is 54.7 Å². The summed E-state index contributed by atoms with van der Waals surface area (Å²) >= 11 is 0. The highest BCUT2D eigenvalue weighted by Crippen LogP contribution is 2.34. The molecule has 2 aromatic carbocycles. The number of amides is 1. The minimum Gasteiger partial charge on any atom is -0.462 e. The average Bonchev–Trinajstić information content (AvgIpc) is 3.25. The van der Waals surface area contributed by atoms with E-state index in [0.29, 0.717) is 10.2 Å². The molecular formula is C23H19F3N4O3. The van der Waals surface area contributed by atoms with E-state index in [9.17, 15) is 22.8 Å². The maximum atomic E-state index is 13.6. The van der Waals surface area contributed by atoms with Gasteiger partial charge in [0, 0.05) is 5.56 Å². The second-order valence-corrected chi connectivity index (χ2v) is 7.01. The van der Waals surface area contributed by atoms with Crippen LogP contribution in [0.3, 0.4) is 0 Å². The lowest BCUT2D eigenvalue weighted by atomic mass is 10.1. The molecule has 0 saturated heterocycles. The lowest BCUT2D eigenvalue weighted by molar-refractivity contribution is -0.143. The summed E-state index contributed by atoms with van der Waals surface area (Å²) in [5.74, 6) is -1.55. The lowest BCUT2D eigenvalue weighted by Crippen LogP contribution is -2.26. The smallest absolute Gasteiger partial charge is 0.434 e. The topological polar surface area (TPSA) is 97.0 Å². The van der Waals surface area contributed by atoms with Gasteiger partial charge in [-0.15, -0.1) is 0 Å². The number of nitrogens with zero attached hydrogens (tertiary/aromatic N) is 3. The maximum Gasteiger partial charge on any atom is 0.434 e. The number of rotatable bonds is 6. The average molecular weight is 456 g/mol. The largest absolute Gasteiger partial charge is 0.462 e. The minimum atomic E-state index is -4.86.